The van der Waals surface area contributed by atoms with Crippen LogP contribution in [0.3, 0.4) is 0 Å². The Morgan fingerprint density at radius 2 is 1.72 bits per heavy atom. The molecule has 1 aromatic heterocycles. The van der Waals surface area contributed by atoms with E-state index in [0.717, 1.165) is 6.42 Å². The van der Waals surface area contributed by atoms with Gasteiger partial charge in [0.25, 0.3) is 0 Å². The van der Waals surface area contributed by atoms with E-state index in [4.69, 9.17) is 26.8 Å². The van der Waals surface area contributed by atoms with Crippen molar-refractivity contribution in [3.63, 3.8) is 0 Å². The van der Waals surface area contributed by atoms with Crippen molar-refractivity contribution >= 4 is 17.9 Å². The van der Waals surface area contributed by atoms with Gasteiger partial charge < -0.3 is 37.5 Å². The van der Waals surface area contributed by atoms with Crippen LogP contribution in [-0.2, 0) is 20.8 Å². The number of nitrogens with zero attached hydrogens (tertiary/aromatic N) is 1. The number of imidazole rings is 1. The summed E-state index contributed by atoms with van der Waals surface area (Å²) in [4.78, 5) is 36.2. The monoisotopic (exact) mass is 361 g/mol. The summed E-state index contributed by atoms with van der Waals surface area (Å²) < 4.78 is 0. The Bertz CT molecular complexity index is 508. The van der Waals surface area contributed by atoms with Crippen LogP contribution in [0.1, 0.15) is 26.0 Å². The number of nitrogens with two attached hydrogens (primary N) is 3. The highest BCUT2D eigenvalue weighted by atomic mass is 16.4. The van der Waals surface area contributed by atoms with Crippen molar-refractivity contribution in [1.82, 2.24) is 9.97 Å². The number of nitrogens with one attached hydrogen (secondary N) is 1. The molecule has 1 rings (SSSR count). The molecule has 1 aromatic rings. The van der Waals surface area contributed by atoms with E-state index in [2.05, 4.69) is 15.7 Å². The Morgan fingerprint density at radius 3 is 1.96 bits per heavy atom. The van der Waals surface area contributed by atoms with E-state index in [1.54, 1.807) is 6.20 Å². The van der Waals surface area contributed by atoms with Crippen LogP contribution < -0.4 is 17.2 Å². The summed E-state index contributed by atoms with van der Waals surface area (Å²) in [6.07, 6.45) is 4.19. The number of aromatic amines is 1. The Hall–Kier alpha value is -2.50. The topological polar surface area (TPSA) is 219 Å². The largest absolute Gasteiger partial charge is 0.480 e. The van der Waals surface area contributed by atoms with Gasteiger partial charge >= 0.3 is 17.9 Å². The van der Waals surface area contributed by atoms with Gasteiger partial charge in [0.1, 0.15) is 12.1 Å². The highest BCUT2D eigenvalue weighted by molar-refractivity contribution is 5.73. The van der Waals surface area contributed by atoms with Crippen LogP contribution in [0.25, 0.3) is 0 Å². The molecule has 0 unspecified atom stereocenters. The minimum Gasteiger partial charge on any atom is -0.480 e. The summed E-state index contributed by atoms with van der Waals surface area (Å²) >= 11 is 0. The minimum absolute atomic E-state index is 0.0718. The molecule has 0 fully saturated rings. The molecule has 0 aromatic carbocycles. The lowest BCUT2D eigenvalue weighted by Crippen LogP contribution is -2.36. The smallest absolute Gasteiger partial charge is 0.320 e. The molecule has 0 radical (unpaired) electrons. The summed E-state index contributed by atoms with van der Waals surface area (Å²) in [7, 11) is 0. The third-order valence-corrected chi connectivity index (χ3v) is 3.02. The van der Waals surface area contributed by atoms with E-state index in [0.29, 0.717) is 5.69 Å². The molecule has 0 saturated heterocycles. The Morgan fingerprint density at radius 1 is 1.20 bits per heavy atom. The molecule has 0 saturated carbocycles. The Kier molecular flexibility index (Phi) is 13.8. The van der Waals surface area contributed by atoms with Gasteiger partial charge in [0.05, 0.1) is 18.6 Å². The summed E-state index contributed by atoms with van der Waals surface area (Å²) in [5.41, 5.74) is 15.8. The number of aromatic nitrogens is 2. The first-order valence-electron chi connectivity index (χ1n) is 7.42. The number of aliphatic carboxylic acids is 3. The second kappa shape index (κ2) is 13.9. The lowest BCUT2D eigenvalue weighted by Gasteiger charge is -2.11. The molecule has 11 nitrogen and oxygen atoms in total. The molecule has 0 bridgehead atoms. The standard InChI is InChI=1S/C6H9N3O2.C6H13NO2.C2H5NO2/c7-5(6(10)11)1-4-2-8-3-9-4;1-3-4(2)5(7)6(8)9;3-1-2(4)5/h2-3,5H,1,7H2,(H,8,9)(H,10,11);4-5H,3,7H2,1-2H3,(H,8,9);1,3H2,(H,4,5)/t5-;4-,5-;/m00./s1. The van der Waals surface area contributed by atoms with Gasteiger partial charge in [0.15, 0.2) is 0 Å². The highest BCUT2D eigenvalue weighted by Gasteiger charge is 2.17. The quantitative estimate of drug-likeness (QED) is 0.308. The maximum Gasteiger partial charge on any atom is 0.320 e. The predicted molar refractivity (Wildman–Crippen MR) is 89.7 cm³/mol. The van der Waals surface area contributed by atoms with Crippen molar-refractivity contribution in [2.45, 2.75) is 38.8 Å². The number of hydrogen-bond acceptors (Lipinski definition) is 7. The van der Waals surface area contributed by atoms with Gasteiger partial charge in [0.2, 0.25) is 0 Å². The van der Waals surface area contributed by atoms with Crippen LogP contribution in [0.5, 0.6) is 0 Å². The van der Waals surface area contributed by atoms with E-state index in [1.807, 2.05) is 13.8 Å². The number of carbonyl (C=O) groups is 3. The zero-order valence-corrected chi connectivity index (χ0v) is 14.3. The third kappa shape index (κ3) is 13.6. The number of carboxylic acid groups (broad SMARTS) is 3. The second-order valence-corrected chi connectivity index (χ2v) is 5.06. The molecule has 0 aliphatic rings. The summed E-state index contributed by atoms with van der Waals surface area (Å²) in [6, 6.07) is -1.56. The molecule has 0 amide bonds. The van der Waals surface area contributed by atoms with Crippen molar-refractivity contribution in [2.24, 2.45) is 23.1 Å². The summed E-state index contributed by atoms with van der Waals surface area (Å²) in [5.74, 6) is -2.81. The number of carboxylic acids is 3. The van der Waals surface area contributed by atoms with E-state index < -0.39 is 30.0 Å². The van der Waals surface area contributed by atoms with Gasteiger partial charge in [-0.1, -0.05) is 20.3 Å². The van der Waals surface area contributed by atoms with Crippen LogP contribution in [0.15, 0.2) is 12.5 Å². The minimum atomic E-state index is -1.01. The maximum atomic E-state index is 10.3. The molecule has 0 aliphatic carbocycles. The lowest BCUT2D eigenvalue weighted by molar-refractivity contribution is -0.140. The molecule has 10 N–H and O–H groups in total. The summed E-state index contributed by atoms with van der Waals surface area (Å²) in [5, 5.41) is 24.4. The van der Waals surface area contributed by atoms with Gasteiger partial charge in [-0.2, -0.15) is 0 Å². The van der Waals surface area contributed by atoms with Gasteiger partial charge in [0, 0.05) is 12.6 Å². The van der Waals surface area contributed by atoms with Crippen molar-refractivity contribution in [3.05, 3.63) is 18.2 Å². The van der Waals surface area contributed by atoms with E-state index in [-0.39, 0.29) is 18.9 Å². The summed E-state index contributed by atoms with van der Waals surface area (Å²) in [6.45, 7) is 3.48. The van der Waals surface area contributed by atoms with Crippen LogP contribution in [0, 0.1) is 5.92 Å². The van der Waals surface area contributed by atoms with Crippen LogP contribution in [0.4, 0.5) is 0 Å². The van der Waals surface area contributed by atoms with Crippen molar-refractivity contribution < 1.29 is 29.7 Å². The highest BCUT2D eigenvalue weighted by Crippen LogP contribution is 2.04. The van der Waals surface area contributed by atoms with Gasteiger partial charge in [-0.05, 0) is 5.92 Å². The first-order valence-corrected chi connectivity index (χ1v) is 7.42. The average Bonchev–Trinajstić information content (AvgIpc) is 3.07. The van der Waals surface area contributed by atoms with Crippen molar-refractivity contribution in [1.29, 1.82) is 0 Å². The fourth-order valence-corrected chi connectivity index (χ4v) is 1.21. The van der Waals surface area contributed by atoms with Crippen LogP contribution in [-0.4, -0.2) is 61.8 Å². The van der Waals surface area contributed by atoms with E-state index in [1.165, 1.54) is 6.33 Å². The fraction of sp³-hybridized carbons (Fsp3) is 0.571. The number of rotatable bonds is 7. The predicted octanol–water partition coefficient (Wildman–Crippen LogP) is -1.16. The van der Waals surface area contributed by atoms with Crippen molar-refractivity contribution in [2.75, 3.05) is 6.54 Å². The molecular formula is C14H27N5O6. The Balaban J connectivity index is 0. The molecule has 11 heteroatoms. The molecular weight excluding hydrogens is 334 g/mol. The zero-order valence-electron chi connectivity index (χ0n) is 14.3. The molecule has 144 valence electrons. The Labute approximate surface area is 145 Å². The number of H-pyrrole nitrogens is 1. The zero-order chi connectivity index (χ0) is 20.0. The van der Waals surface area contributed by atoms with Gasteiger partial charge in [-0.25, -0.2) is 4.98 Å². The molecule has 25 heavy (non-hydrogen) atoms. The SMILES string of the molecule is CC[C@H](C)[C@H](N)C(=O)O.NCC(=O)O.N[C@@H](Cc1c[nH]cn1)C(=O)O. The second-order valence-electron chi connectivity index (χ2n) is 5.06. The first kappa shape index (κ1) is 24.7. The normalized spacial score (nSPS) is 13.2. The average molecular weight is 361 g/mol. The van der Waals surface area contributed by atoms with Gasteiger partial charge in [-0.3, -0.25) is 14.4 Å². The lowest BCUT2D eigenvalue weighted by atomic mass is 10.0. The van der Waals surface area contributed by atoms with E-state index >= 15 is 0 Å². The van der Waals surface area contributed by atoms with Crippen LogP contribution in [0.2, 0.25) is 0 Å². The fourth-order valence-electron chi connectivity index (χ4n) is 1.21. The van der Waals surface area contributed by atoms with Crippen molar-refractivity contribution in [3.8, 4) is 0 Å². The molecule has 1 heterocycles. The van der Waals surface area contributed by atoms with Crippen LogP contribution >= 0.6 is 0 Å². The van der Waals surface area contributed by atoms with E-state index in [9.17, 15) is 14.4 Å². The molecule has 0 aliphatic heterocycles. The maximum absolute atomic E-state index is 10.3. The van der Waals surface area contributed by atoms with Gasteiger partial charge in [-0.15, -0.1) is 0 Å². The molecule has 3 atom stereocenters. The number of hydrogen-bond donors (Lipinski definition) is 7. The third-order valence-electron chi connectivity index (χ3n) is 3.02. The molecule has 0 spiro atoms. The first-order chi connectivity index (χ1) is 11.6.